The number of nitrogens with one attached hydrogen (secondary N) is 2. The van der Waals surface area contributed by atoms with E-state index < -0.39 is 0 Å². The molecular weight excluding hydrogens is 372 g/mol. The Labute approximate surface area is 176 Å². The third kappa shape index (κ3) is 3.35. The first-order valence-electron chi connectivity index (χ1n) is 10.3. The van der Waals surface area contributed by atoms with Crippen molar-refractivity contribution in [2.75, 3.05) is 17.7 Å². The number of carbonyl (C=O) groups is 1. The van der Waals surface area contributed by atoms with Gasteiger partial charge >= 0.3 is 0 Å². The second kappa shape index (κ2) is 7.71. The van der Waals surface area contributed by atoms with Crippen molar-refractivity contribution in [3.63, 3.8) is 0 Å². The third-order valence-electron chi connectivity index (χ3n) is 6.01. The van der Waals surface area contributed by atoms with E-state index in [2.05, 4.69) is 34.9 Å². The Bertz CT molecular complexity index is 1110. The number of rotatable bonds is 3. The van der Waals surface area contributed by atoms with E-state index in [1.165, 1.54) is 5.56 Å². The second-order valence-corrected chi connectivity index (χ2v) is 7.86. The number of hydrogen-bond donors (Lipinski definition) is 2. The lowest BCUT2D eigenvalue weighted by atomic mass is 9.76. The lowest BCUT2D eigenvalue weighted by Gasteiger charge is -2.32. The highest BCUT2D eigenvalue weighted by Crippen LogP contribution is 2.44. The van der Waals surface area contributed by atoms with Crippen LogP contribution in [0.25, 0.3) is 0 Å². The van der Waals surface area contributed by atoms with Gasteiger partial charge < -0.3 is 15.4 Å². The van der Waals surface area contributed by atoms with E-state index in [0.717, 1.165) is 28.4 Å². The van der Waals surface area contributed by atoms with Gasteiger partial charge in [0.15, 0.2) is 0 Å². The number of ether oxygens (including phenoxy) is 1. The van der Waals surface area contributed by atoms with E-state index in [1.54, 1.807) is 7.11 Å². The minimum Gasteiger partial charge on any atom is -0.497 e. The molecule has 0 saturated heterocycles. The number of carbonyl (C=O) groups excluding carboxylic acids is 1. The summed E-state index contributed by atoms with van der Waals surface area (Å²) in [5.41, 5.74) is 5.15. The van der Waals surface area contributed by atoms with Gasteiger partial charge in [-0.15, -0.1) is 0 Å². The van der Waals surface area contributed by atoms with Crippen molar-refractivity contribution in [3.8, 4) is 5.75 Å². The second-order valence-electron chi connectivity index (χ2n) is 7.86. The molecule has 0 spiro atoms. The van der Waals surface area contributed by atoms with Crippen LogP contribution in [0.4, 0.5) is 11.4 Å². The van der Waals surface area contributed by atoms with Crippen molar-refractivity contribution in [1.82, 2.24) is 0 Å². The maximum Gasteiger partial charge on any atom is 0.145 e. The first kappa shape index (κ1) is 18.5. The van der Waals surface area contributed by atoms with E-state index in [-0.39, 0.29) is 23.7 Å². The van der Waals surface area contributed by atoms with Crippen LogP contribution in [0.2, 0.25) is 0 Å². The molecule has 3 aromatic carbocycles. The molecule has 4 nitrogen and oxygen atoms in total. The highest BCUT2D eigenvalue weighted by atomic mass is 16.5. The number of benzene rings is 3. The van der Waals surface area contributed by atoms with Crippen molar-refractivity contribution in [1.29, 1.82) is 0 Å². The Hall–Kier alpha value is -3.53. The van der Waals surface area contributed by atoms with Gasteiger partial charge in [-0.3, -0.25) is 4.79 Å². The summed E-state index contributed by atoms with van der Waals surface area (Å²) >= 11 is 0. The SMILES string of the molecule is COc1cccc(C2Nc3ccccc3NC3=CC(c4ccccc4)CC(=O)C32)c1. The smallest absolute Gasteiger partial charge is 0.145 e. The normalized spacial score (nSPS) is 22.5. The van der Waals surface area contributed by atoms with Gasteiger partial charge in [0.25, 0.3) is 0 Å². The summed E-state index contributed by atoms with van der Waals surface area (Å²) in [7, 11) is 1.66. The van der Waals surface area contributed by atoms with Gasteiger partial charge in [0, 0.05) is 18.0 Å². The topological polar surface area (TPSA) is 50.4 Å². The average Bonchev–Trinajstić information content (AvgIpc) is 2.96. The molecule has 0 saturated carbocycles. The predicted molar refractivity (Wildman–Crippen MR) is 120 cm³/mol. The van der Waals surface area contributed by atoms with Gasteiger partial charge in [0.2, 0.25) is 0 Å². The third-order valence-corrected chi connectivity index (χ3v) is 6.01. The van der Waals surface area contributed by atoms with Gasteiger partial charge in [-0.05, 0) is 35.4 Å². The van der Waals surface area contributed by atoms with Gasteiger partial charge in [-0.1, -0.05) is 60.7 Å². The number of para-hydroxylation sites is 2. The largest absolute Gasteiger partial charge is 0.497 e. The molecule has 5 rings (SSSR count). The quantitative estimate of drug-likeness (QED) is 0.611. The zero-order chi connectivity index (χ0) is 20.5. The van der Waals surface area contributed by atoms with Gasteiger partial charge in [0.1, 0.15) is 11.5 Å². The molecule has 2 aliphatic rings. The number of Topliss-reactive ketones (excluding diaryl/α,β-unsaturated/α-hetero) is 1. The Morgan fingerprint density at radius 2 is 1.60 bits per heavy atom. The van der Waals surface area contributed by atoms with Crippen LogP contribution in [-0.2, 0) is 4.79 Å². The highest BCUT2D eigenvalue weighted by molar-refractivity contribution is 5.90. The molecule has 0 amide bonds. The summed E-state index contributed by atoms with van der Waals surface area (Å²) < 4.78 is 5.44. The first-order chi connectivity index (χ1) is 14.7. The Morgan fingerprint density at radius 3 is 2.40 bits per heavy atom. The molecule has 3 atom stereocenters. The number of hydrogen-bond acceptors (Lipinski definition) is 4. The Morgan fingerprint density at radius 1 is 0.867 bits per heavy atom. The molecule has 30 heavy (non-hydrogen) atoms. The van der Waals surface area contributed by atoms with Crippen molar-refractivity contribution in [2.24, 2.45) is 5.92 Å². The minimum absolute atomic E-state index is 0.0775. The summed E-state index contributed by atoms with van der Waals surface area (Å²) in [5.74, 6) is 0.816. The summed E-state index contributed by atoms with van der Waals surface area (Å²) in [6.07, 6.45) is 2.73. The summed E-state index contributed by atoms with van der Waals surface area (Å²) in [6, 6.07) is 26.2. The van der Waals surface area contributed by atoms with Crippen LogP contribution in [0, 0.1) is 5.92 Å². The molecule has 150 valence electrons. The van der Waals surface area contributed by atoms with Crippen LogP contribution in [0.15, 0.2) is 90.6 Å². The molecule has 1 heterocycles. The fourth-order valence-corrected chi connectivity index (χ4v) is 4.53. The fraction of sp³-hybridized carbons (Fsp3) is 0.192. The maximum atomic E-state index is 13.5. The number of methoxy groups -OCH3 is 1. The molecule has 0 radical (unpaired) electrons. The van der Waals surface area contributed by atoms with Crippen molar-refractivity contribution in [3.05, 3.63) is 102 Å². The zero-order valence-corrected chi connectivity index (χ0v) is 16.8. The van der Waals surface area contributed by atoms with E-state index in [4.69, 9.17) is 4.74 Å². The van der Waals surface area contributed by atoms with E-state index in [9.17, 15) is 4.79 Å². The molecule has 0 bridgehead atoms. The zero-order valence-electron chi connectivity index (χ0n) is 16.8. The van der Waals surface area contributed by atoms with Crippen molar-refractivity contribution in [2.45, 2.75) is 18.4 Å². The van der Waals surface area contributed by atoms with E-state index >= 15 is 0 Å². The summed E-state index contributed by atoms with van der Waals surface area (Å²) in [6.45, 7) is 0. The molecule has 0 aromatic heterocycles. The number of fused-ring (bicyclic) bond motifs is 2. The maximum absolute atomic E-state index is 13.5. The van der Waals surface area contributed by atoms with Gasteiger partial charge in [0.05, 0.1) is 30.4 Å². The molecule has 0 fully saturated rings. The molecule has 1 aliphatic heterocycles. The summed E-state index contributed by atoms with van der Waals surface area (Å²) in [5, 5.41) is 7.20. The Balaban J connectivity index is 1.63. The Kier molecular flexibility index (Phi) is 4.75. The van der Waals surface area contributed by atoms with E-state index in [1.807, 2.05) is 60.7 Å². The lowest BCUT2D eigenvalue weighted by molar-refractivity contribution is -0.122. The minimum atomic E-state index is -0.288. The average molecular weight is 396 g/mol. The predicted octanol–water partition coefficient (Wildman–Crippen LogP) is 5.53. The van der Waals surface area contributed by atoms with E-state index in [0.29, 0.717) is 6.42 Å². The van der Waals surface area contributed by atoms with Crippen molar-refractivity contribution < 1.29 is 9.53 Å². The van der Waals surface area contributed by atoms with Crippen LogP contribution >= 0.6 is 0 Å². The fourth-order valence-electron chi connectivity index (χ4n) is 4.53. The summed E-state index contributed by atoms with van der Waals surface area (Å²) in [4.78, 5) is 13.5. The first-order valence-corrected chi connectivity index (χ1v) is 10.3. The molecule has 1 aliphatic carbocycles. The standard InChI is InChI=1S/C26H24N2O2/c1-30-20-11-7-10-18(14-20)26-25-23(27-21-12-5-6-13-22(21)28-26)15-19(16-24(25)29)17-8-3-2-4-9-17/h2-15,19,25-28H,16H2,1H3. The van der Waals surface area contributed by atoms with Crippen molar-refractivity contribution >= 4 is 17.2 Å². The molecule has 3 unspecified atom stereocenters. The molecule has 4 heteroatoms. The number of ketones is 1. The lowest BCUT2D eigenvalue weighted by Crippen LogP contribution is -2.33. The highest BCUT2D eigenvalue weighted by Gasteiger charge is 2.39. The molecule has 2 N–H and O–H groups in total. The van der Waals surface area contributed by atoms with Crippen LogP contribution in [0.3, 0.4) is 0 Å². The van der Waals surface area contributed by atoms with Gasteiger partial charge in [-0.25, -0.2) is 0 Å². The van der Waals surface area contributed by atoms with Crippen LogP contribution in [0.5, 0.6) is 5.75 Å². The van der Waals surface area contributed by atoms with Crippen LogP contribution in [-0.4, -0.2) is 12.9 Å². The monoisotopic (exact) mass is 396 g/mol. The molecule has 3 aromatic rings. The molecular formula is C26H24N2O2. The van der Waals surface area contributed by atoms with Crippen LogP contribution < -0.4 is 15.4 Å². The van der Waals surface area contributed by atoms with Crippen LogP contribution in [0.1, 0.15) is 29.5 Å². The number of allylic oxidation sites excluding steroid dienone is 1. The number of anilines is 2. The van der Waals surface area contributed by atoms with Gasteiger partial charge in [-0.2, -0.15) is 0 Å².